The van der Waals surface area contributed by atoms with Crippen LogP contribution in [0.2, 0.25) is 0 Å². The summed E-state index contributed by atoms with van der Waals surface area (Å²) in [5.41, 5.74) is 12.5. The molecule has 3 aromatic carbocycles. The number of hydrogen-bond acceptors (Lipinski definition) is 2. The van der Waals surface area contributed by atoms with E-state index in [0.29, 0.717) is 0 Å². The minimum atomic E-state index is -0.128. The lowest BCUT2D eigenvalue weighted by Crippen LogP contribution is -3.00. The molecule has 0 unspecified atom stereocenters. The quantitative estimate of drug-likeness (QED) is 0.204. The highest BCUT2D eigenvalue weighted by atomic mass is 127. The molecule has 0 fully saturated rings. The van der Waals surface area contributed by atoms with Crippen molar-refractivity contribution >= 4 is 45.3 Å². The van der Waals surface area contributed by atoms with E-state index in [-0.39, 0.29) is 58.8 Å². The summed E-state index contributed by atoms with van der Waals surface area (Å²) in [5, 5.41) is 2.50. The number of pyridine rings is 2. The summed E-state index contributed by atoms with van der Waals surface area (Å²) in [5.74, 6) is 0. The molecule has 0 aliphatic carbocycles. The van der Waals surface area contributed by atoms with Gasteiger partial charge in [-0.25, -0.2) is 0 Å². The Morgan fingerprint density at radius 2 is 0.917 bits per heavy atom. The van der Waals surface area contributed by atoms with Crippen LogP contribution in [0, 0.1) is 0 Å². The van der Waals surface area contributed by atoms with Crippen LogP contribution in [0.3, 0.4) is 0 Å². The van der Waals surface area contributed by atoms with Crippen LogP contribution in [-0.4, -0.2) is 14.1 Å². The number of halogens is 2. The predicted octanol–water partition coefficient (Wildman–Crippen LogP) is 2.30. The highest BCUT2D eigenvalue weighted by molar-refractivity contribution is 5.82. The summed E-state index contributed by atoms with van der Waals surface area (Å²) in [6.07, 6.45) is 13.4. The molecule has 2 aliphatic heterocycles. The third kappa shape index (κ3) is 5.78. The first-order valence-electron chi connectivity index (χ1n) is 16.2. The van der Waals surface area contributed by atoms with Crippen LogP contribution >= 0.6 is 0 Å². The maximum absolute atomic E-state index is 2.44. The number of anilines is 2. The van der Waals surface area contributed by atoms with Crippen LogP contribution in [0.25, 0.3) is 34.0 Å². The van der Waals surface area contributed by atoms with E-state index in [1.54, 1.807) is 0 Å². The molecule has 0 atom stereocenters. The minimum absolute atomic E-state index is 0. The third-order valence-electron chi connectivity index (χ3n) is 10.5. The average molecular weight is 859 g/mol. The second kappa shape index (κ2) is 13.4. The van der Waals surface area contributed by atoms with Crippen molar-refractivity contribution in [3.8, 4) is 0 Å². The number of rotatable bonds is 4. The zero-order chi connectivity index (χ0) is 32.4. The number of benzene rings is 3. The normalized spacial score (nSPS) is 17.8. The molecule has 6 heteroatoms. The van der Waals surface area contributed by atoms with Gasteiger partial charge in [-0.3, -0.25) is 0 Å². The molecule has 2 aliphatic rings. The molecule has 0 spiro atoms. The second-order valence-electron chi connectivity index (χ2n) is 13.8. The lowest BCUT2D eigenvalue weighted by Gasteiger charge is -2.25. The standard InChI is InChI=1S/C42H44N4.2HI/c1-41(2)33-27-38-34(28-37(33)45(7)39(41)21-13-17-31-25-23-29-15-9-11-19-35(29)43(31)5)42(3,4)40(46(38)8)22-14-18-32-26-24-30-16-10-12-20-36(30)44(32)6;;/h9-28H,1-8H3;2*1H/q+2;;/p-2. The van der Waals surface area contributed by atoms with E-state index in [9.17, 15) is 0 Å². The Kier molecular flexibility index (Phi) is 10.0. The minimum Gasteiger partial charge on any atom is -1.00 e. The van der Waals surface area contributed by atoms with Gasteiger partial charge in [0.1, 0.15) is 14.1 Å². The van der Waals surface area contributed by atoms with Crippen LogP contribution in [-0.2, 0) is 24.9 Å². The summed E-state index contributed by atoms with van der Waals surface area (Å²) in [4.78, 5) is 4.77. The Hall–Kier alpha value is -3.50. The van der Waals surface area contributed by atoms with Crippen molar-refractivity contribution in [1.29, 1.82) is 0 Å². The maximum Gasteiger partial charge on any atom is 0.212 e. The van der Waals surface area contributed by atoms with Crippen LogP contribution in [0.1, 0.15) is 50.2 Å². The van der Waals surface area contributed by atoms with Gasteiger partial charge in [0.2, 0.25) is 22.4 Å². The Labute approximate surface area is 319 Å². The fraction of sp³-hybridized carbons (Fsp3) is 0.238. The predicted molar refractivity (Wildman–Crippen MR) is 194 cm³/mol. The summed E-state index contributed by atoms with van der Waals surface area (Å²) >= 11 is 0. The van der Waals surface area contributed by atoms with Crippen LogP contribution in [0.4, 0.5) is 11.4 Å². The largest absolute Gasteiger partial charge is 1.00 e. The molecular formula is C42H44I2N4. The topological polar surface area (TPSA) is 14.2 Å². The molecule has 2 aromatic heterocycles. The van der Waals surface area contributed by atoms with Gasteiger partial charge < -0.3 is 57.8 Å². The van der Waals surface area contributed by atoms with Gasteiger partial charge in [0.05, 0.1) is 0 Å². The monoisotopic (exact) mass is 858 g/mol. The van der Waals surface area contributed by atoms with Gasteiger partial charge in [0, 0.05) is 94.9 Å². The van der Waals surface area contributed by atoms with Crippen molar-refractivity contribution in [2.45, 2.75) is 38.5 Å². The van der Waals surface area contributed by atoms with Crippen molar-refractivity contribution in [3.63, 3.8) is 0 Å². The summed E-state index contributed by atoms with van der Waals surface area (Å²) in [7, 11) is 8.70. The van der Waals surface area contributed by atoms with Gasteiger partial charge in [-0.05, 0) is 59.7 Å². The molecule has 0 saturated heterocycles. The molecule has 0 N–H and O–H groups in total. The number of allylic oxidation sites excluding steroid dienone is 6. The van der Waals surface area contributed by atoms with E-state index in [4.69, 9.17) is 0 Å². The lowest BCUT2D eigenvalue weighted by molar-refractivity contribution is -0.646. The third-order valence-corrected chi connectivity index (χ3v) is 10.5. The van der Waals surface area contributed by atoms with E-state index in [1.165, 1.54) is 67.1 Å². The molecule has 0 bridgehead atoms. The van der Waals surface area contributed by atoms with Crippen LogP contribution < -0.4 is 66.9 Å². The Balaban J connectivity index is 0.00000225. The molecule has 4 nitrogen and oxygen atoms in total. The number of para-hydroxylation sites is 2. The Morgan fingerprint density at radius 3 is 1.31 bits per heavy atom. The van der Waals surface area contributed by atoms with Gasteiger partial charge in [0.15, 0.2) is 0 Å². The highest BCUT2D eigenvalue weighted by Gasteiger charge is 2.44. The molecule has 246 valence electrons. The zero-order valence-electron chi connectivity index (χ0n) is 29.1. The van der Waals surface area contributed by atoms with Gasteiger partial charge in [-0.15, -0.1) is 0 Å². The number of fused-ring (bicyclic) bond motifs is 4. The molecule has 0 amide bonds. The molecule has 5 aromatic rings. The summed E-state index contributed by atoms with van der Waals surface area (Å²) in [6, 6.07) is 30.7. The van der Waals surface area contributed by atoms with Crippen LogP contribution in [0.5, 0.6) is 0 Å². The summed E-state index contributed by atoms with van der Waals surface area (Å²) in [6.45, 7) is 9.39. The van der Waals surface area contributed by atoms with E-state index in [2.05, 4.69) is 196 Å². The Morgan fingerprint density at radius 1 is 0.542 bits per heavy atom. The molecule has 7 rings (SSSR count). The first-order valence-corrected chi connectivity index (χ1v) is 16.2. The number of likely N-dealkylation sites (N-methyl/N-ethyl adjacent to an activating group) is 2. The smallest absolute Gasteiger partial charge is 0.212 e. The van der Waals surface area contributed by atoms with Crippen molar-refractivity contribution in [2.24, 2.45) is 14.1 Å². The molecule has 48 heavy (non-hydrogen) atoms. The van der Waals surface area contributed by atoms with E-state index < -0.39 is 0 Å². The van der Waals surface area contributed by atoms with Crippen LogP contribution in [0.15, 0.2) is 121 Å². The molecular weight excluding hydrogens is 814 g/mol. The molecule has 4 heterocycles. The van der Waals surface area contributed by atoms with Gasteiger partial charge in [0.25, 0.3) is 0 Å². The van der Waals surface area contributed by atoms with Crippen molar-refractivity contribution in [1.82, 2.24) is 0 Å². The molecule has 0 radical (unpaired) electrons. The lowest BCUT2D eigenvalue weighted by atomic mass is 9.80. The first kappa shape index (κ1) is 35.8. The number of nitrogens with zero attached hydrogens (tertiary/aromatic N) is 4. The summed E-state index contributed by atoms with van der Waals surface area (Å²) < 4.78 is 4.51. The van der Waals surface area contributed by atoms with E-state index in [1.807, 2.05) is 0 Å². The maximum atomic E-state index is 2.44. The fourth-order valence-corrected chi connectivity index (χ4v) is 7.68. The van der Waals surface area contributed by atoms with Crippen molar-refractivity contribution in [3.05, 3.63) is 143 Å². The fourth-order valence-electron chi connectivity index (χ4n) is 7.68. The van der Waals surface area contributed by atoms with Crippen molar-refractivity contribution < 1.29 is 57.1 Å². The average Bonchev–Trinajstić information content (AvgIpc) is 3.35. The first-order chi connectivity index (χ1) is 22.0. The zero-order valence-corrected chi connectivity index (χ0v) is 33.4. The highest BCUT2D eigenvalue weighted by Crippen LogP contribution is 2.55. The van der Waals surface area contributed by atoms with E-state index in [0.717, 1.165) is 0 Å². The number of aromatic nitrogens is 2. The second-order valence-corrected chi connectivity index (χ2v) is 13.8. The number of hydrogen-bond donors (Lipinski definition) is 0. The van der Waals surface area contributed by atoms with Gasteiger partial charge >= 0.3 is 0 Å². The van der Waals surface area contributed by atoms with Gasteiger partial charge in [-0.2, -0.15) is 9.13 Å². The van der Waals surface area contributed by atoms with Gasteiger partial charge in [-0.1, -0.05) is 64.1 Å². The van der Waals surface area contributed by atoms with E-state index >= 15 is 0 Å². The Bertz CT molecular complexity index is 2020. The molecule has 0 saturated carbocycles. The van der Waals surface area contributed by atoms with Crippen molar-refractivity contribution in [2.75, 3.05) is 23.9 Å². The SMILES string of the molecule is CN1C(=CC=Cc2ccc3ccccc3[n+]2C)C(C)(C)c2cc3c(cc21)C(C)(C)C(=CC=Cc1ccc2ccccc2[n+]1C)N3C.[I-].[I-]. The number of aryl methyl sites for hydroxylation is 2.